The van der Waals surface area contributed by atoms with Crippen LogP contribution in [0.25, 0.3) is 0 Å². The molecule has 0 saturated carbocycles. The highest BCUT2D eigenvalue weighted by atomic mass is 16.6. The van der Waals surface area contributed by atoms with Crippen LogP contribution < -0.4 is 10.1 Å². The predicted octanol–water partition coefficient (Wildman–Crippen LogP) is 8.92. The molecule has 0 spiro atoms. The van der Waals surface area contributed by atoms with Gasteiger partial charge in [0.15, 0.2) is 0 Å². The van der Waals surface area contributed by atoms with E-state index in [0.29, 0.717) is 12.5 Å². The number of unbranched alkanes of at least 4 members (excludes halogenated alkanes) is 9. The Bertz CT molecular complexity index is 778. The number of amides is 1. The van der Waals surface area contributed by atoms with Crippen LogP contribution in [0.1, 0.15) is 102 Å². The van der Waals surface area contributed by atoms with Gasteiger partial charge in [0.1, 0.15) is 19.0 Å². The van der Waals surface area contributed by atoms with E-state index in [4.69, 9.17) is 9.47 Å². The van der Waals surface area contributed by atoms with Crippen molar-refractivity contribution in [2.45, 2.75) is 96.8 Å². The van der Waals surface area contributed by atoms with Crippen LogP contribution in [0, 0.1) is 6.07 Å². The topological polar surface area (TPSA) is 47.6 Å². The molecule has 34 heavy (non-hydrogen) atoms. The van der Waals surface area contributed by atoms with E-state index in [1.165, 1.54) is 64.2 Å². The minimum atomic E-state index is -0.464. The van der Waals surface area contributed by atoms with Crippen LogP contribution in [0.2, 0.25) is 0 Å². The fourth-order valence-corrected chi connectivity index (χ4v) is 4.30. The number of ether oxygens (including phenoxy) is 2. The smallest absolute Gasteiger partial charge is 0.411 e. The highest BCUT2D eigenvalue weighted by molar-refractivity contribution is 5.85. The molecule has 0 heterocycles. The number of hydrogen-bond donors (Lipinski definition) is 1. The Hall–Kier alpha value is -2.49. The molecule has 1 unspecified atom stereocenters. The molecule has 2 rings (SSSR count). The molecule has 0 aliphatic heterocycles. The molecule has 0 bridgehead atoms. The van der Waals surface area contributed by atoms with Crippen molar-refractivity contribution in [3.63, 3.8) is 0 Å². The quantitative estimate of drug-likeness (QED) is 0.223. The lowest BCUT2D eigenvalue weighted by molar-refractivity contribution is 0.138. The molecule has 0 aliphatic carbocycles. The van der Waals surface area contributed by atoms with Gasteiger partial charge in [0, 0.05) is 6.07 Å². The normalized spacial score (nSPS) is 11.7. The van der Waals surface area contributed by atoms with Crippen LogP contribution in [0.15, 0.2) is 48.5 Å². The summed E-state index contributed by atoms with van der Waals surface area (Å²) in [6.07, 6.45) is 15.2. The largest absolute Gasteiger partial charge is 0.490 e. The summed E-state index contributed by atoms with van der Waals surface area (Å²) in [5, 5.41) is 2.89. The van der Waals surface area contributed by atoms with Crippen LogP contribution in [0.5, 0.6) is 5.75 Å². The number of hydrogen-bond acceptors (Lipinski definition) is 3. The van der Waals surface area contributed by atoms with Gasteiger partial charge in [0.2, 0.25) is 0 Å². The Kier molecular flexibility index (Phi) is 14.6. The van der Waals surface area contributed by atoms with Crippen molar-refractivity contribution in [3.8, 4) is 5.75 Å². The molecule has 1 N–H and O–H groups in total. The Morgan fingerprint density at radius 3 is 2.21 bits per heavy atom. The zero-order valence-electron chi connectivity index (χ0n) is 21.3. The van der Waals surface area contributed by atoms with E-state index in [0.717, 1.165) is 29.8 Å². The molecular formula is C30H44NO3. The van der Waals surface area contributed by atoms with E-state index < -0.39 is 6.09 Å². The highest BCUT2D eigenvalue weighted by Crippen LogP contribution is 2.31. The molecule has 0 saturated heterocycles. The van der Waals surface area contributed by atoms with Crippen molar-refractivity contribution in [3.05, 3.63) is 60.2 Å². The fraction of sp³-hybridized carbons (Fsp3) is 0.567. The number of para-hydroxylation sites is 2. The molecule has 0 fully saturated rings. The molecule has 1 amide bonds. The van der Waals surface area contributed by atoms with Crippen molar-refractivity contribution in [2.24, 2.45) is 0 Å². The fourth-order valence-electron chi connectivity index (χ4n) is 4.30. The molecule has 187 valence electrons. The summed E-state index contributed by atoms with van der Waals surface area (Å²) in [7, 11) is 0. The van der Waals surface area contributed by atoms with E-state index in [9.17, 15) is 4.79 Å². The minimum absolute atomic E-state index is 0.193. The van der Waals surface area contributed by atoms with E-state index >= 15 is 0 Å². The molecule has 4 heteroatoms. The Morgan fingerprint density at radius 2 is 1.53 bits per heavy atom. The van der Waals surface area contributed by atoms with Crippen LogP contribution in [-0.2, 0) is 4.74 Å². The maximum absolute atomic E-state index is 12.3. The van der Waals surface area contributed by atoms with Crippen molar-refractivity contribution in [2.75, 3.05) is 18.5 Å². The lowest BCUT2D eigenvalue weighted by Gasteiger charge is -2.19. The van der Waals surface area contributed by atoms with E-state index in [1.54, 1.807) is 0 Å². The zero-order chi connectivity index (χ0) is 24.3. The average molecular weight is 467 g/mol. The first-order valence-corrected chi connectivity index (χ1v) is 13.4. The summed E-state index contributed by atoms with van der Waals surface area (Å²) in [4.78, 5) is 12.3. The van der Waals surface area contributed by atoms with E-state index in [1.807, 2.05) is 42.5 Å². The molecule has 1 radical (unpaired) electrons. The lowest BCUT2D eigenvalue weighted by Crippen LogP contribution is -2.19. The van der Waals surface area contributed by atoms with Crippen molar-refractivity contribution in [1.29, 1.82) is 0 Å². The van der Waals surface area contributed by atoms with Crippen LogP contribution in [-0.4, -0.2) is 19.3 Å². The number of carbonyl (C=O) groups excluding carboxylic acids is 1. The maximum Gasteiger partial charge on any atom is 0.411 e. The van der Waals surface area contributed by atoms with Crippen LogP contribution >= 0.6 is 0 Å². The predicted molar refractivity (Wildman–Crippen MR) is 142 cm³/mol. The summed E-state index contributed by atoms with van der Waals surface area (Å²) >= 11 is 0. The number of nitrogens with one attached hydrogen (secondary N) is 1. The molecular weight excluding hydrogens is 422 g/mol. The first-order chi connectivity index (χ1) is 16.7. The second-order valence-corrected chi connectivity index (χ2v) is 9.00. The highest BCUT2D eigenvalue weighted by Gasteiger charge is 2.15. The number of anilines is 1. The zero-order valence-corrected chi connectivity index (χ0v) is 21.3. The van der Waals surface area contributed by atoms with Gasteiger partial charge in [-0.2, -0.15) is 0 Å². The SMILES string of the molecule is CCCCCCCCCCCCC(CC)c1ccc[c]c1NC(=O)OCCOc1ccccc1. The van der Waals surface area contributed by atoms with Crippen molar-refractivity contribution in [1.82, 2.24) is 0 Å². The molecule has 0 aromatic heterocycles. The van der Waals surface area contributed by atoms with Gasteiger partial charge in [-0.25, -0.2) is 4.79 Å². The number of benzene rings is 2. The van der Waals surface area contributed by atoms with Gasteiger partial charge >= 0.3 is 6.09 Å². The first-order valence-electron chi connectivity index (χ1n) is 13.4. The third-order valence-electron chi connectivity index (χ3n) is 6.28. The summed E-state index contributed by atoms with van der Waals surface area (Å²) < 4.78 is 10.9. The summed E-state index contributed by atoms with van der Waals surface area (Å²) in [6, 6.07) is 18.7. The van der Waals surface area contributed by atoms with Gasteiger partial charge < -0.3 is 9.47 Å². The molecule has 0 aliphatic rings. The van der Waals surface area contributed by atoms with E-state index in [-0.39, 0.29) is 6.61 Å². The van der Waals surface area contributed by atoms with Crippen LogP contribution in [0.3, 0.4) is 0 Å². The van der Waals surface area contributed by atoms with Crippen LogP contribution in [0.4, 0.5) is 10.5 Å². The Labute approximate surface area is 207 Å². The second kappa shape index (κ2) is 17.9. The average Bonchev–Trinajstić information content (AvgIpc) is 2.86. The molecule has 2 aromatic carbocycles. The van der Waals surface area contributed by atoms with Crippen molar-refractivity contribution >= 4 is 11.8 Å². The Balaban J connectivity index is 1.68. The maximum atomic E-state index is 12.3. The van der Waals surface area contributed by atoms with Gasteiger partial charge in [-0.1, -0.05) is 114 Å². The molecule has 1 atom stereocenters. The van der Waals surface area contributed by atoms with E-state index in [2.05, 4.69) is 31.3 Å². The second-order valence-electron chi connectivity index (χ2n) is 9.00. The lowest BCUT2D eigenvalue weighted by atomic mass is 9.89. The standard InChI is InChI=1S/C30H44NO3/c1-3-5-6-7-8-9-10-11-12-14-19-26(4-2)28-22-17-18-23-29(28)31-30(32)34-25-24-33-27-20-15-13-16-21-27/h13,15-18,20-22,26H,3-12,14,19,24-25H2,1-2H3,(H,31,32). The third-order valence-corrected chi connectivity index (χ3v) is 6.28. The van der Waals surface area contributed by atoms with Gasteiger partial charge in [-0.15, -0.1) is 0 Å². The Morgan fingerprint density at radius 1 is 0.853 bits per heavy atom. The number of carbonyl (C=O) groups is 1. The minimum Gasteiger partial charge on any atom is -0.490 e. The summed E-state index contributed by atoms with van der Waals surface area (Å²) in [6.45, 7) is 5.00. The van der Waals surface area contributed by atoms with Gasteiger partial charge in [0.25, 0.3) is 0 Å². The van der Waals surface area contributed by atoms with Gasteiger partial charge in [-0.3, -0.25) is 5.32 Å². The monoisotopic (exact) mass is 466 g/mol. The van der Waals surface area contributed by atoms with Gasteiger partial charge in [0.05, 0.1) is 5.69 Å². The first kappa shape index (κ1) is 27.8. The molecule has 4 nitrogen and oxygen atoms in total. The number of rotatable bonds is 18. The van der Waals surface area contributed by atoms with Crippen molar-refractivity contribution < 1.29 is 14.3 Å². The summed E-state index contributed by atoms with van der Waals surface area (Å²) in [5.74, 6) is 1.19. The summed E-state index contributed by atoms with van der Waals surface area (Å²) in [5.41, 5.74) is 1.88. The molecule has 2 aromatic rings. The third kappa shape index (κ3) is 11.6. The van der Waals surface area contributed by atoms with Gasteiger partial charge in [-0.05, 0) is 36.5 Å².